The molecule has 0 heterocycles. The Balaban J connectivity index is 0.000000791. The average molecular weight is 197 g/mol. The Morgan fingerprint density at radius 3 is 1.86 bits per heavy atom. The minimum Gasteiger partial charge on any atom is -0.372 e. The van der Waals surface area contributed by atoms with Gasteiger partial charge in [-0.25, -0.2) is 4.39 Å². The predicted octanol–water partition coefficient (Wildman–Crippen LogP) is 3.70. The van der Waals surface area contributed by atoms with Crippen LogP contribution in [0.25, 0.3) is 0 Å². The van der Waals surface area contributed by atoms with Gasteiger partial charge in [-0.1, -0.05) is 13.8 Å². The zero-order chi connectivity index (χ0) is 11.1. The van der Waals surface area contributed by atoms with E-state index in [0.29, 0.717) is 6.04 Å². The summed E-state index contributed by atoms with van der Waals surface area (Å²) in [6, 6.07) is 6.98. The Bertz CT molecular complexity index is 241. The van der Waals surface area contributed by atoms with Crippen LogP contribution in [-0.4, -0.2) is 13.1 Å². The van der Waals surface area contributed by atoms with Crippen LogP contribution in [0.4, 0.5) is 10.1 Å². The van der Waals surface area contributed by atoms with Crippen molar-refractivity contribution in [3.05, 3.63) is 30.1 Å². The first-order valence-electron chi connectivity index (χ1n) is 5.09. The molecule has 0 spiro atoms. The van der Waals surface area contributed by atoms with E-state index in [1.807, 2.05) is 20.9 Å². The van der Waals surface area contributed by atoms with Crippen LogP contribution < -0.4 is 4.90 Å². The highest BCUT2D eigenvalue weighted by Crippen LogP contribution is 2.14. The topological polar surface area (TPSA) is 3.24 Å². The molecule has 0 N–H and O–H groups in total. The van der Waals surface area contributed by atoms with Gasteiger partial charge in [0.25, 0.3) is 0 Å². The van der Waals surface area contributed by atoms with Gasteiger partial charge in [-0.05, 0) is 38.1 Å². The number of nitrogens with zero attached hydrogens (tertiary/aromatic N) is 1. The highest BCUT2D eigenvalue weighted by molar-refractivity contribution is 5.45. The number of rotatable bonds is 2. The Hall–Kier alpha value is -1.05. The van der Waals surface area contributed by atoms with Gasteiger partial charge in [-0.15, -0.1) is 0 Å². The highest BCUT2D eigenvalue weighted by Gasteiger charge is 2.03. The SMILES string of the molecule is CC.CC(C)N(C)c1ccc(F)cc1. The highest BCUT2D eigenvalue weighted by atomic mass is 19.1. The Labute approximate surface area is 86.6 Å². The van der Waals surface area contributed by atoms with Crippen LogP contribution in [0.1, 0.15) is 27.7 Å². The quantitative estimate of drug-likeness (QED) is 0.698. The number of halogens is 1. The van der Waals surface area contributed by atoms with E-state index in [2.05, 4.69) is 18.7 Å². The summed E-state index contributed by atoms with van der Waals surface area (Å²) in [6.07, 6.45) is 0. The number of hydrogen-bond donors (Lipinski definition) is 0. The Morgan fingerprint density at radius 2 is 1.50 bits per heavy atom. The number of anilines is 1. The summed E-state index contributed by atoms with van der Waals surface area (Å²) in [5.74, 6) is -0.184. The van der Waals surface area contributed by atoms with Gasteiger partial charge in [0.05, 0.1) is 0 Å². The normalized spacial score (nSPS) is 9.36. The zero-order valence-electron chi connectivity index (χ0n) is 9.71. The first-order valence-corrected chi connectivity index (χ1v) is 5.09. The van der Waals surface area contributed by atoms with Crippen LogP contribution in [0, 0.1) is 5.82 Å². The second-order valence-electron chi connectivity index (χ2n) is 3.18. The molecule has 2 heteroatoms. The predicted molar refractivity (Wildman–Crippen MR) is 61.3 cm³/mol. The minimum atomic E-state index is -0.184. The van der Waals surface area contributed by atoms with Gasteiger partial charge in [0, 0.05) is 18.8 Å². The second kappa shape index (κ2) is 6.41. The maximum Gasteiger partial charge on any atom is 0.123 e. The maximum absolute atomic E-state index is 12.5. The van der Waals surface area contributed by atoms with Crippen molar-refractivity contribution in [3.63, 3.8) is 0 Å². The van der Waals surface area contributed by atoms with Crippen molar-refractivity contribution in [3.8, 4) is 0 Å². The summed E-state index contributed by atoms with van der Waals surface area (Å²) in [7, 11) is 2.00. The van der Waals surface area contributed by atoms with Crippen molar-refractivity contribution < 1.29 is 4.39 Å². The molecule has 0 radical (unpaired) electrons. The minimum absolute atomic E-state index is 0.184. The van der Waals surface area contributed by atoms with E-state index in [4.69, 9.17) is 0 Å². The molecule has 1 aromatic carbocycles. The fourth-order valence-electron chi connectivity index (χ4n) is 0.974. The molecule has 0 amide bonds. The van der Waals surface area contributed by atoms with E-state index < -0.39 is 0 Å². The van der Waals surface area contributed by atoms with Gasteiger partial charge in [0.2, 0.25) is 0 Å². The summed E-state index contributed by atoms with van der Waals surface area (Å²) >= 11 is 0. The zero-order valence-corrected chi connectivity index (χ0v) is 9.71. The molecule has 0 aliphatic carbocycles. The van der Waals surface area contributed by atoms with Crippen LogP contribution >= 0.6 is 0 Å². The van der Waals surface area contributed by atoms with Gasteiger partial charge < -0.3 is 4.90 Å². The standard InChI is InChI=1S/C10H14FN.C2H6/c1-8(2)12(3)10-6-4-9(11)5-7-10;1-2/h4-8H,1-3H3;1-2H3. The third-order valence-electron chi connectivity index (χ3n) is 2.01. The molecule has 1 nitrogen and oxygen atoms in total. The number of hydrogen-bond acceptors (Lipinski definition) is 1. The van der Waals surface area contributed by atoms with E-state index in [-0.39, 0.29) is 5.82 Å². The molecule has 0 atom stereocenters. The molecular formula is C12H20FN. The van der Waals surface area contributed by atoms with E-state index >= 15 is 0 Å². The van der Waals surface area contributed by atoms with E-state index in [1.165, 1.54) is 12.1 Å². The first kappa shape index (κ1) is 12.9. The van der Waals surface area contributed by atoms with Gasteiger partial charge >= 0.3 is 0 Å². The average Bonchev–Trinajstić information content (AvgIpc) is 2.21. The molecule has 0 unspecified atom stereocenters. The molecule has 0 bridgehead atoms. The lowest BCUT2D eigenvalue weighted by molar-refractivity contribution is 0.627. The molecule has 1 rings (SSSR count). The van der Waals surface area contributed by atoms with Crippen LogP contribution in [0.3, 0.4) is 0 Å². The van der Waals surface area contributed by atoms with Gasteiger partial charge in [-0.3, -0.25) is 0 Å². The van der Waals surface area contributed by atoms with Crippen molar-refractivity contribution in [1.82, 2.24) is 0 Å². The molecule has 0 aliphatic heterocycles. The van der Waals surface area contributed by atoms with Crippen LogP contribution in [0.15, 0.2) is 24.3 Å². The summed E-state index contributed by atoms with van der Waals surface area (Å²) in [6.45, 7) is 8.20. The van der Waals surface area contributed by atoms with Gasteiger partial charge in [0.15, 0.2) is 0 Å². The fourth-order valence-corrected chi connectivity index (χ4v) is 0.974. The van der Waals surface area contributed by atoms with Crippen LogP contribution in [-0.2, 0) is 0 Å². The third-order valence-corrected chi connectivity index (χ3v) is 2.01. The molecule has 80 valence electrons. The maximum atomic E-state index is 12.5. The van der Waals surface area contributed by atoms with Gasteiger partial charge in [0.1, 0.15) is 5.82 Å². The second-order valence-corrected chi connectivity index (χ2v) is 3.18. The Morgan fingerprint density at radius 1 is 1.07 bits per heavy atom. The lowest BCUT2D eigenvalue weighted by Crippen LogP contribution is -2.25. The van der Waals surface area contributed by atoms with Crippen LogP contribution in [0.5, 0.6) is 0 Å². The van der Waals surface area contributed by atoms with Crippen molar-refractivity contribution in [2.24, 2.45) is 0 Å². The molecule has 0 fully saturated rings. The summed E-state index contributed by atoms with van der Waals surface area (Å²) in [5, 5.41) is 0. The monoisotopic (exact) mass is 197 g/mol. The molecule has 0 aromatic heterocycles. The molecule has 14 heavy (non-hydrogen) atoms. The summed E-state index contributed by atoms with van der Waals surface area (Å²) in [5.41, 5.74) is 1.05. The number of benzene rings is 1. The molecule has 0 saturated carbocycles. The lowest BCUT2D eigenvalue weighted by Gasteiger charge is -2.23. The van der Waals surface area contributed by atoms with Crippen molar-refractivity contribution in [1.29, 1.82) is 0 Å². The molecular weight excluding hydrogens is 177 g/mol. The van der Waals surface area contributed by atoms with Gasteiger partial charge in [-0.2, -0.15) is 0 Å². The molecule has 0 aliphatic rings. The van der Waals surface area contributed by atoms with Crippen molar-refractivity contribution in [2.45, 2.75) is 33.7 Å². The summed E-state index contributed by atoms with van der Waals surface area (Å²) in [4.78, 5) is 2.10. The largest absolute Gasteiger partial charge is 0.372 e. The van der Waals surface area contributed by atoms with Crippen molar-refractivity contribution in [2.75, 3.05) is 11.9 Å². The summed E-state index contributed by atoms with van der Waals surface area (Å²) < 4.78 is 12.5. The molecule has 0 saturated heterocycles. The fraction of sp³-hybridized carbons (Fsp3) is 0.500. The van der Waals surface area contributed by atoms with E-state index in [9.17, 15) is 4.39 Å². The third kappa shape index (κ3) is 3.77. The molecule has 1 aromatic rings. The van der Waals surface area contributed by atoms with Crippen LogP contribution in [0.2, 0.25) is 0 Å². The van der Waals surface area contributed by atoms with E-state index in [1.54, 1.807) is 12.1 Å². The lowest BCUT2D eigenvalue weighted by atomic mass is 10.2. The first-order chi connectivity index (χ1) is 6.61. The van der Waals surface area contributed by atoms with E-state index in [0.717, 1.165) is 5.69 Å². The Kier molecular flexibility index (Phi) is 5.93. The van der Waals surface area contributed by atoms with Crippen molar-refractivity contribution >= 4 is 5.69 Å². The smallest absolute Gasteiger partial charge is 0.123 e.